The third-order valence-electron chi connectivity index (χ3n) is 8.66. The van der Waals surface area contributed by atoms with Gasteiger partial charge in [0.2, 0.25) is 10.6 Å². The minimum Gasteiger partial charge on any atom is -0.322 e. The number of halogens is 1. The topological polar surface area (TPSA) is 77.6 Å². The van der Waals surface area contributed by atoms with E-state index in [0.29, 0.717) is 23.1 Å². The predicted molar refractivity (Wildman–Crippen MR) is 133 cm³/mol. The van der Waals surface area contributed by atoms with E-state index in [2.05, 4.69) is 69.4 Å². The molecule has 4 aliphatic rings. The molecular formula is C26H31BrN6O. The van der Waals surface area contributed by atoms with E-state index in [0.717, 1.165) is 49.2 Å². The maximum atomic E-state index is 14.0. The minimum atomic E-state index is -0.348. The minimum absolute atomic E-state index is 0.0977. The smallest absolute Gasteiger partial charge is 0.230 e. The molecule has 8 heteroatoms. The molecule has 2 atom stereocenters. The van der Waals surface area contributed by atoms with Gasteiger partial charge >= 0.3 is 0 Å². The molecule has 4 aliphatic carbocycles. The highest BCUT2D eigenvalue weighted by Crippen LogP contribution is 2.64. The number of benzene rings is 1. The number of amides is 1. The second-order valence-corrected chi connectivity index (χ2v) is 11.7. The number of carbonyl (C=O) groups is 1. The summed E-state index contributed by atoms with van der Waals surface area (Å²) in [5.74, 6) is 1.30. The molecule has 4 bridgehead atoms. The molecule has 7 rings (SSSR count). The first-order chi connectivity index (χ1) is 16.3. The maximum absolute atomic E-state index is 14.0. The van der Waals surface area contributed by atoms with Crippen molar-refractivity contribution in [2.24, 2.45) is 17.3 Å². The largest absolute Gasteiger partial charge is 0.322 e. The van der Waals surface area contributed by atoms with Gasteiger partial charge in [-0.15, -0.1) is 5.10 Å². The number of aryl methyl sites for hydroxylation is 2. The quantitative estimate of drug-likeness (QED) is 0.502. The molecule has 1 N–H and O–H groups in total. The SMILES string of the molecule is Cc1ccccc1Cn1nc(C)c(NC(=O)C23CC4CC(C2)CC(n2cnc(Br)n2)(C4)C3)c1C. The first-order valence-corrected chi connectivity index (χ1v) is 13.0. The molecule has 34 heavy (non-hydrogen) atoms. The van der Waals surface area contributed by atoms with Crippen LogP contribution in [0.25, 0.3) is 0 Å². The summed E-state index contributed by atoms with van der Waals surface area (Å²) in [6.45, 7) is 6.88. The lowest BCUT2D eigenvalue weighted by Gasteiger charge is -2.60. The summed E-state index contributed by atoms with van der Waals surface area (Å²) in [6.07, 6.45) is 8.06. The average Bonchev–Trinajstić information content (AvgIpc) is 3.34. The predicted octanol–water partition coefficient (Wildman–Crippen LogP) is 5.14. The number of nitrogens with zero attached hydrogens (tertiary/aromatic N) is 5. The fraction of sp³-hybridized carbons (Fsp3) is 0.538. The van der Waals surface area contributed by atoms with Gasteiger partial charge in [-0.2, -0.15) is 5.10 Å². The number of hydrogen-bond acceptors (Lipinski definition) is 4. The molecule has 7 nitrogen and oxygen atoms in total. The Morgan fingerprint density at radius 3 is 2.53 bits per heavy atom. The number of carbonyl (C=O) groups excluding carboxylic acids is 1. The highest BCUT2D eigenvalue weighted by molar-refractivity contribution is 9.10. The van der Waals surface area contributed by atoms with Crippen LogP contribution >= 0.6 is 15.9 Å². The maximum Gasteiger partial charge on any atom is 0.230 e. The third-order valence-corrected chi connectivity index (χ3v) is 9.03. The van der Waals surface area contributed by atoms with E-state index in [1.54, 1.807) is 0 Å². The lowest BCUT2D eigenvalue weighted by atomic mass is 9.46. The molecule has 2 aromatic heterocycles. The number of nitrogens with one attached hydrogen (secondary N) is 1. The highest BCUT2D eigenvalue weighted by Gasteiger charge is 2.61. The van der Waals surface area contributed by atoms with Crippen LogP contribution in [0.5, 0.6) is 0 Å². The normalized spacial score (nSPS) is 29.5. The molecular weight excluding hydrogens is 492 g/mol. The van der Waals surface area contributed by atoms with Crippen molar-refractivity contribution >= 4 is 27.5 Å². The molecule has 0 radical (unpaired) electrons. The van der Waals surface area contributed by atoms with Gasteiger partial charge < -0.3 is 5.32 Å². The second-order valence-electron chi connectivity index (χ2n) is 11.0. The summed E-state index contributed by atoms with van der Waals surface area (Å²) in [5.41, 5.74) is 4.80. The Bertz CT molecular complexity index is 1260. The fourth-order valence-electron chi connectivity index (χ4n) is 7.45. The molecule has 4 saturated carbocycles. The summed E-state index contributed by atoms with van der Waals surface area (Å²) in [4.78, 5) is 18.3. The summed E-state index contributed by atoms with van der Waals surface area (Å²) in [6, 6.07) is 8.39. The van der Waals surface area contributed by atoms with Crippen molar-refractivity contribution in [3.05, 3.63) is 57.8 Å². The molecule has 178 valence electrons. The molecule has 1 aromatic carbocycles. The van der Waals surface area contributed by atoms with E-state index >= 15 is 0 Å². The number of aromatic nitrogens is 5. The van der Waals surface area contributed by atoms with Crippen LogP contribution in [0.1, 0.15) is 61.0 Å². The Morgan fingerprint density at radius 1 is 1.12 bits per heavy atom. The summed E-state index contributed by atoms with van der Waals surface area (Å²) in [5, 5.41) is 12.8. The fourth-order valence-corrected chi connectivity index (χ4v) is 7.71. The zero-order chi connectivity index (χ0) is 23.7. The molecule has 4 fully saturated rings. The molecule has 1 amide bonds. The van der Waals surface area contributed by atoms with Crippen molar-refractivity contribution in [1.29, 1.82) is 0 Å². The Kier molecular flexibility index (Phi) is 5.03. The van der Waals surface area contributed by atoms with Gasteiger partial charge in [-0.25, -0.2) is 9.67 Å². The van der Waals surface area contributed by atoms with Crippen molar-refractivity contribution in [2.75, 3.05) is 5.32 Å². The van der Waals surface area contributed by atoms with Crippen molar-refractivity contribution in [2.45, 2.75) is 71.4 Å². The van der Waals surface area contributed by atoms with Crippen LogP contribution in [-0.4, -0.2) is 30.5 Å². The van der Waals surface area contributed by atoms with E-state index in [-0.39, 0.29) is 16.9 Å². The van der Waals surface area contributed by atoms with Gasteiger partial charge in [0, 0.05) is 0 Å². The van der Waals surface area contributed by atoms with Crippen molar-refractivity contribution < 1.29 is 4.79 Å². The van der Waals surface area contributed by atoms with E-state index in [1.165, 1.54) is 17.5 Å². The first kappa shape index (κ1) is 22.0. The third kappa shape index (κ3) is 3.44. The highest BCUT2D eigenvalue weighted by atomic mass is 79.9. The van der Waals surface area contributed by atoms with Gasteiger partial charge in [-0.3, -0.25) is 9.48 Å². The Labute approximate surface area is 208 Å². The van der Waals surface area contributed by atoms with Gasteiger partial charge in [0.15, 0.2) is 0 Å². The van der Waals surface area contributed by atoms with Gasteiger partial charge in [0.05, 0.1) is 34.6 Å². The van der Waals surface area contributed by atoms with Crippen LogP contribution in [0.3, 0.4) is 0 Å². The summed E-state index contributed by atoms with van der Waals surface area (Å²) >= 11 is 3.41. The zero-order valence-corrected chi connectivity index (χ0v) is 21.6. The molecule has 0 saturated heterocycles. The van der Waals surface area contributed by atoms with E-state index in [4.69, 9.17) is 5.10 Å². The van der Waals surface area contributed by atoms with E-state index in [1.807, 2.05) is 22.6 Å². The van der Waals surface area contributed by atoms with Crippen LogP contribution in [0.15, 0.2) is 35.3 Å². The van der Waals surface area contributed by atoms with Gasteiger partial charge in [-0.1, -0.05) is 24.3 Å². The summed E-state index contributed by atoms with van der Waals surface area (Å²) in [7, 11) is 0. The number of hydrogen-bond donors (Lipinski definition) is 1. The standard InChI is InChI=1S/C26H31BrN6O/c1-16-6-4-5-7-21(16)13-32-18(3)22(17(2)30-32)29-23(34)25-9-19-8-20(10-25)12-26(11-19,14-25)33-15-28-24(27)31-33/h4-7,15,19-20H,8-14H2,1-3H3,(H,29,34). The summed E-state index contributed by atoms with van der Waals surface area (Å²) < 4.78 is 4.68. The molecule has 2 unspecified atom stereocenters. The number of rotatable bonds is 5. The number of anilines is 1. The van der Waals surface area contributed by atoms with Crippen molar-refractivity contribution in [1.82, 2.24) is 24.5 Å². The lowest BCUT2D eigenvalue weighted by molar-refractivity contribution is -0.150. The first-order valence-electron chi connectivity index (χ1n) is 12.2. The van der Waals surface area contributed by atoms with E-state index < -0.39 is 0 Å². The van der Waals surface area contributed by atoms with Crippen molar-refractivity contribution in [3.63, 3.8) is 0 Å². The van der Waals surface area contributed by atoms with Crippen LogP contribution in [0.2, 0.25) is 0 Å². The zero-order valence-electron chi connectivity index (χ0n) is 20.0. The molecule has 0 aliphatic heterocycles. The van der Waals surface area contributed by atoms with Gasteiger partial charge in [0.25, 0.3) is 0 Å². The lowest BCUT2D eigenvalue weighted by Crippen LogP contribution is -2.60. The molecule has 0 spiro atoms. The van der Waals surface area contributed by atoms with Crippen molar-refractivity contribution in [3.8, 4) is 0 Å². The Balaban J connectivity index is 1.28. The van der Waals surface area contributed by atoms with Gasteiger partial charge in [0.1, 0.15) is 6.33 Å². The van der Waals surface area contributed by atoms with Gasteiger partial charge in [-0.05, 0) is 98.2 Å². The molecule has 2 heterocycles. The van der Waals surface area contributed by atoms with Crippen LogP contribution in [-0.2, 0) is 16.9 Å². The van der Waals surface area contributed by atoms with Crippen LogP contribution < -0.4 is 5.32 Å². The Hall–Kier alpha value is -2.48. The average molecular weight is 523 g/mol. The van der Waals surface area contributed by atoms with E-state index in [9.17, 15) is 4.79 Å². The van der Waals surface area contributed by atoms with Crippen LogP contribution in [0, 0.1) is 38.0 Å². The van der Waals surface area contributed by atoms with Crippen LogP contribution in [0.4, 0.5) is 5.69 Å². The monoisotopic (exact) mass is 522 g/mol. The Morgan fingerprint density at radius 2 is 1.85 bits per heavy atom. The second kappa shape index (κ2) is 7.77. The molecule has 3 aromatic rings.